The molecule has 0 unspecified atom stereocenters. The third kappa shape index (κ3) is 3.52. The summed E-state index contributed by atoms with van der Waals surface area (Å²) < 4.78 is 6.02. The largest absolute Gasteiger partial charge is 0.456 e. The lowest BCUT2D eigenvalue weighted by Crippen LogP contribution is -2.27. The smallest absolute Gasteiger partial charge is 0.235 e. The van der Waals surface area contributed by atoms with E-state index in [1.54, 1.807) is 18.3 Å². The summed E-state index contributed by atoms with van der Waals surface area (Å²) in [6.45, 7) is 0. The first-order valence-electron chi connectivity index (χ1n) is 10.5. The van der Waals surface area contributed by atoms with Crippen LogP contribution in [0.25, 0.3) is 33.7 Å². The second-order valence-corrected chi connectivity index (χ2v) is 8.98. The fourth-order valence-corrected chi connectivity index (χ4v) is 4.57. The second-order valence-electron chi connectivity index (χ2n) is 8.18. The van der Waals surface area contributed by atoms with Gasteiger partial charge in [-0.05, 0) is 71.3 Å². The molecule has 0 radical (unpaired) electrons. The molecule has 3 heterocycles. The number of furan rings is 1. The molecule has 8 nitrogen and oxygen atoms in total. The van der Waals surface area contributed by atoms with E-state index in [0.717, 1.165) is 24.0 Å². The highest BCUT2D eigenvalue weighted by Gasteiger charge is 2.51. The summed E-state index contributed by atoms with van der Waals surface area (Å²) in [6.07, 6.45) is 3.12. The Kier molecular flexibility index (Phi) is 4.86. The van der Waals surface area contributed by atoms with E-state index in [0.29, 0.717) is 44.0 Å². The van der Waals surface area contributed by atoms with E-state index in [1.165, 1.54) is 0 Å². The molecule has 1 aliphatic rings. The molecule has 3 aromatic heterocycles. The second kappa shape index (κ2) is 7.93. The number of halogens is 2. The predicted molar refractivity (Wildman–Crippen MR) is 129 cm³/mol. The number of hydrogen-bond acceptors (Lipinski definition) is 6. The van der Waals surface area contributed by atoms with E-state index in [9.17, 15) is 4.79 Å². The molecule has 0 aliphatic heterocycles. The molecule has 2 N–H and O–H groups in total. The van der Waals surface area contributed by atoms with Crippen molar-refractivity contribution in [3.05, 3.63) is 76.5 Å². The average molecular weight is 491 g/mol. The number of carbonyl (C=O) groups excluding carboxylic acids is 1. The Balaban J connectivity index is 1.38. The van der Waals surface area contributed by atoms with Crippen molar-refractivity contribution in [2.24, 2.45) is 0 Å². The van der Waals surface area contributed by atoms with Gasteiger partial charge in [-0.2, -0.15) is 0 Å². The molecule has 0 atom stereocenters. The van der Waals surface area contributed by atoms with Gasteiger partial charge in [0, 0.05) is 28.0 Å². The number of fused-ring (bicyclic) bond motifs is 1. The Morgan fingerprint density at radius 2 is 1.94 bits per heavy atom. The highest BCUT2D eigenvalue weighted by Crippen LogP contribution is 2.49. The first-order valence-corrected chi connectivity index (χ1v) is 11.3. The number of benzene rings is 2. The summed E-state index contributed by atoms with van der Waals surface area (Å²) in [4.78, 5) is 17.4. The summed E-state index contributed by atoms with van der Waals surface area (Å²) in [6, 6.07) is 16.5. The van der Waals surface area contributed by atoms with Gasteiger partial charge in [0.25, 0.3) is 0 Å². The van der Waals surface area contributed by atoms with Crippen molar-refractivity contribution in [2.75, 3.05) is 5.32 Å². The standard InChI is InChI=1S/C24H16Cl2N6O2/c25-14-3-1-2-13(10-14)24(7-8-24)23(33)28-15-4-5-16(17(11-15)22-29-31-32-30-22)20-12-18-19(34-20)6-9-27-21(18)26/h1-6,9-12H,7-8H2,(H,28,33)(H,29,30,31,32). The Labute approximate surface area is 203 Å². The molecule has 1 amide bonds. The van der Waals surface area contributed by atoms with Crippen LogP contribution in [-0.2, 0) is 10.2 Å². The lowest BCUT2D eigenvalue weighted by Gasteiger charge is -2.17. The van der Waals surface area contributed by atoms with Gasteiger partial charge in [-0.15, -0.1) is 5.10 Å². The number of aromatic amines is 1. The maximum atomic E-state index is 13.3. The van der Waals surface area contributed by atoms with Crippen molar-refractivity contribution in [3.63, 3.8) is 0 Å². The van der Waals surface area contributed by atoms with Gasteiger partial charge in [-0.25, -0.2) is 10.1 Å². The molecule has 34 heavy (non-hydrogen) atoms. The lowest BCUT2D eigenvalue weighted by atomic mass is 9.94. The molecule has 0 bridgehead atoms. The zero-order chi connectivity index (χ0) is 23.3. The van der Waals surface area contributed by atoms with Crippen molar-refractivity contribution < 1.29 is 9.21 Å². The van der Waals surface area contributed by atoms with Crippen LogP contribution in [-0.4, -0.2) is 31.5 Å². The highest BCUT2D eigenvalue weighted by molar-refractivity contribution is 6.34. The topological polar surface area (TPSA) is 110 Å². The molecule has 0 saturated heterocycles. The number of H-pyrrole nitrogens is 1. The molecule has 6 rings (SSSR count). The Morgan fingerprint density at radius 1 is 1.06 bits per heavy atom. The zero-order valence-electron chi connectivity index (χ0n) is 17.5. The van der Waals surface area contributed by atoms with Crippen molar-refractivity contribution in [1.29, 1.82) is 0 Å². The van der Waals surface area contributed by atoms with Crippen molar-refractivity contribution in [1.82, 2.24) is 25.6 Å². The first-order chi connectivity index (χ1) is 16.5. The number of nitrogens with zero attached hydrogens (tertiary/aromatic N) is 4. The first kappa shape index (κ1) is 20.8. The molecule has 168 valence electrons. The molecule has 10 heteroatoms. The minimum absolute atomic E-state index is 0.0780. The summed E-state index contributed by atoms with van der Waals surface area (Å²) >= 11 is 12.4. The molecule has 1 fully saturated rings. The van der Waals surface area contributed by atoms with Gasteiger partial charge in [0.1, 0.15) is 16.5 Å². The summed E-state index contributed by atoms with van der Waals surface area (Å²) in [5, 5.41) is 19.0. The highest BCUT2D eigenvalue weighted by atomic mass is 35.5. The number of aromatic nitrogens is 5. The zero-order valence-corrected chi connectivity index (χ0v) is 19.1. The van der Waals surface area contributed by atoms with Crippen LogP contribution >= 0.6 is 23.2 Å². The van der Waals surface area contributed by atoms with Gasteiger partial charge in [0.2, 0.25) is 5.91 Å². The van der Waals surface area contributed by atoms with Crippen LogP contribution in [0.3, 0.4) is 0 Å². The van der Waals surface area contributed by atoms with Crippen LogP contribution in [0, 0.1) is 0 Å². The van der Waals surface area contributed by atoms with Crippen LogP contribution < -0.4 is 5.32 Å². The van der Waals surface area contributed by atoms with E-state index < -0.39 is 5.41 Å². The van der Waals surface area contributed by atoms with E-state index >= 15 is 0 Å². The third-order valence-electron chi connectivity index (χ3n) is 6.10. The minimum Gasteiger partial charge on any atom is -0.456 e. The van der Waals surface area contributed by atoms with E-state index in [-0.39, 0.29) is 5.91 Å². The quantitative estimate of drug-likeness (QED) is 0.308. The Bertz CT molecular complexity index is 1540. The normalized spacial score (nSPS) is 14.3. The molecule has 2 aromatic carbocycles. The number of carbonyl (C=O) groups is 1. The number of anilines is 1. The molecule has 1 saturated carbocycles. The molecular weight excluding hydrogens is 475 g/mol. The van der Waals surface area contributed by atoms with Gasteiger partial charge >= 0.3 is 0 Å². The fraction of sp³-hybridized carbons (Fsp3) is 0.125. The van der Waals surface area contributed by atoms with Crippen molar-refractivity contribution >= 4 is 45.8 Å². The maximum Gasteiger partial charge on any atom is 0.235 e. The number of nitrogens with one attached hydrogen (secondary N) is 2. The molecule has 5 aromatic rings. The van der Waals surface area contributed by atoms with Crippen LogP contribution in [0.1, 0.15) is 18.4 Å². The monoisotopic (exact) mass is 490 g/mol. The van der Waals surface area contributed by atoms with Gasteiger partial charge in [-0.3, -0.25) is 4.79 Å². The number of rotatable bonds is 5. The van der Waals surface area contributed by atoms with Crippen LogP contribution in [0.4, 0.5) is 5.69 Å². The van der Waals surface area contributed by atoms with Gasteiger partial charge in [0.15, 0.2) is 5.82 Å². The van der Waals surface area contributed by atoms with Crippen molar-refractivity contribution in [2.45, 2.75) is 18.3 Å². The molecular formula is C24H16Cl2N6O2. The predicted octanol–water partition coefficient (Wildman–Crippen LogP) is 5.65. The minimum atomic E-state index is -0.569. The number of pyridine rings is 1. The van der Waals surface area contributed by atoms with E-state index in [1.807, 2.05) is 42.5 Å². The van der Waals surface area contributed by atoms with E-state index in [4.69, 9.17) is 27.6 Å². The van der Waals surface area contributed by atoms with Gasteiger partial charge in [0.05, 0.1) is 10.8 Å². The van der Waals surface area contributed by atoms with E-state index in [2.05, 4.69) is 30.9 Å². The number of amides is 1. The number of hydrogen-bond donors (Lipinski definition) is 2. The lowest BCUT2D eigenvalue weighted by molar-refractivity contribution is -0.118. The van der Waals surface area contributed by atoms with Crippen LogP contribution in [0.15, 0.2) is 65.2 Å². The summed E-state index contributed by atoms with van der Waals surface area (Å²) in [7, 11) is 0. The van der Waals surface area contributed by atoms with Crippen LogP contribution in [0.5, 0.6) is 0 Å². The molecule has 0 spiro atoms. The van der Waals surface area contributed by atoms with Gasteiger partial charge in [-0.1, -0.05) is 35.3 Å². The fourth-order valence-electron chi connectivity index (χ4n) is 4.18. The Hall–Kier alpha value is -3.75. The number of tetrazole rings is 1. The van der Waals surface area contributed by atoms with Gasteiger partial charge < -0.3 is 9.73 Å². The SMILES string of the molecule is O=C(Nc1ccc(-c2cc3c(Cl)nccc3o2)c(-c2nnn[nH]2)c1)C1(c2cccc(Cl)c2)CC1. The summed E-state index contributed by atoms with van der Waals surface area (Å²) in [5.74, 6) is 0.935. The third-order valence-corrected chi connectivity index (χ3v) is 6.64. The van der Waals surface area contributed by atoms with Crippen LogP contribution in [0.2, 0.25) is 10.2 Å². The average Bonchev–Trinajstić information content (AvgIpc) is 3.25. The van der Waals surface area contributed by atoms with Crippen molar-refractivity contribution in [3.8, 4) is 22.7 Å². The summed E-state index contributed by atoms with van der Waals surface area (Å²) in [5.41, 5.74) is 2.98. The molecule has 1 aliphatic carbocycles. The Morgan fingerprint density at radius 3 is 2.68 bits per heavy atom. The maximum absolute atomic E-state index is 13.3.